The van der Waals surface area contributed by atoms with E-state index in [0.29, 0.717) is 18.9 Å². The molecule has 0 saturated carbocycles. The van der Waals surface area contributed by atoms with Gasteiger partial charge in [0, 0.05) is 50.4 Å². The fourth-order valence-electron chi connectivity index (χ4n) is 3.42. The minimum atomic E-state index is 0.303. The number of guanidine groups is 1. The molecule has 0 aromatic carbocycles. The van der Waals surface area contributed by atoms with E-state index in [9.17, 15) is 4.79 Å². The summed E-state index contributed by atoms with van der Waals surface area (Å²) in [5.41, 5.74) is 0. The summed E-state index contributed by atoms with van der Waals surface area (Å²) in [5, 5.41) is 8.93. The first-order valence-electron chi connectivity index (χ1n) is 10.7. The van der Waals surface area contributed by atoms with Gasteiger partial charge in [-0.1, -0.05) is 12.5 Å². The van der Waals surface area contributed by atoms with Crippen LogP contribution in [0.5, 0.6) is 0 Å². The molecule has 0 atom stereocenters. The fourth-order valence-corrected chi connectivity index (χ4v) is 4.13. The number of nitrogens with zero attached hydrogens (tertiary/aromatic N) is 2. The number of nitrogens with one attached hydrogen (secondary N) is 2. The Labute approximate surface area is 177 Å². The van der Waals surface area contributed by atoms with Crippen LogP contribution in [0.4, 0.5) is 0 Å². The van der Waals surface area contributed by atoms with Crippen LogP contribution >= 0.6 is 11.3 Å². The van der Waals surface area contributed by atoms with Crippen LogP contribution in [0.3, 0.4) is 0 Å². The van der Waals surface area contributed by atoms with E-state index in [1.165, 1.54) is 4.88 Å². The topological polar surface area (TPSA) is 69.9 Å². The van der Waals surface area contributed by atoms with Crippen LogP contribution in [0.1, 0.15) is 42.7 Å². The number of rotatable bonds is 10. The van der Waals surface area contributed by atoms with Gasteiger partial charge in [-0.2, -0.15) is 0 Å². The molecule has 1 fully saturated rings. The molecule has 1 saturated heterocycles. The Morgan fingerprint density at radius 2 is 2.03 bits per heavy atom. The van der Waals surface area contributed by atoms with E-state index in [4.69, 9.17) is 9.41 Å². The molecule has 158 valence electrons. The number of likely N-dealkylation sites (tertiary alicyclic amines) is 1. The van der Waals surface area contributed by atoms with Gasteiger partial charge in [0.05, 0.1) is 6.26 Å². The molecule has 0 spiro atoms. The number of hydrogen-bond donors (Lipinski definition) is 2. The fraction of sp³-hybridized carbons (Fsp3) is 0.545. The van der Waals surface area contributed by atoms with Gasteiger partial charge in [0.15, 0.2) is 5.96 Å². The highest BCUT2D eigenvalue weighted by Crippen LogP contribution is 2.11. The Morgan fingerprint density at radius 1 is 1.14 bits per heavy atom. The van der Waals surface area contributed by atoms with Gasteiger partial charge in [0.25, 0.3) is 0 Å². The van der Waals surface area contributed by atoms with Gasteiger partial charge in [-0.05, 0) is 49.3 Å². The SMILES string of the molecule is O=C1CCCCCN1CCCN=C(NCCc1ccco1)NCCc1cccs1. The maximum Gasteiger partial charge on any atom is 0.222 e. The third-order valence-electron chi connectivity index (χ3n) is 5.02. The molecule has 1 aliphatic heterocycles. The largest absolute Gasteiger partial charge is 0.469 e. The minimum Gasteiger partial charge on any atom is -0.469 e. The zero-order valence-corrected chi connectivity index (χ0v) is 17.9. The second-order valence-electron chi connectivity index (χ2n) is 7.29. The smallest absolute Gasteiger partial charge is 0.222 e. The summed E-state index contributed by atoms with van der Waals surface area (Å²) >= 11 is 1.78. The number of thiophene rings is 1. The van der Waals surface area contributed by atoms with Crippen LogP contribution in [0.15, 0.2) is 45.3 Å². The first-order chi connectivity index (χ1) is 14.3. The van der Waals surface area contributed by atoms with E-state index in [2.05, 4.69) is 28.1 Å². The molecule has 1 amide bonds. The van der Waals surface area contributed by atoms with Crippen molar-refractivity contribution in [3.8, 4) is 0 Å². The van der Waals surface area contributed by atoms with Gasteiger partial charge < -0.3 is 20.0 Å². The molecule has 3 heterocycles. The Kier molecular flexibility index (Phi) is 9.10. The summed E-state index contributed by atoms with van der Waals surface area (Å²) < 4.78 is 5.40. The summed E-state index contributed by atoms with van der Waals surface area (Å²) in [6, 6.07) is 8.14. The lowest BCUT2D eigenvalue weighted by atomic mass is 10.2. The molecule has 2 aromatic heterocycles. The number of carbonyl (C=O) groups is 1. The van der Waals surface area contributed by atoms with Crippen molar-refractivity contribution in [3.63, 3.8) is 0 Å². The average molecular weight is 417 g/mol. The van der Waals surface area contributed by atoms with Crippen molar-refractivity contribution < 1.29 is 9.21 Å². The predicted molar refractivity (Wildman–Crippen MR) is 118 cm³/mol. The zero-order valence-electron chi connectivity index (χ0n) is 17.1. The summed E-state index contributed by atoms with van der Waals surface area (Å²) in [5.74, 6) is 2.10. The van der Waals surface area contributed by atoms with Crippen LogP contribution in [-0.4, -0.2) is 49.5 Å². The van der Waals surface area contributed by atoms with Crippen LogP contribution in [0.25, 0.3) is 0 Å². The molecule has 0 aliphatic carbocycles. The maximum atomic E-state index is 12.1. The summed E-state index contributed by atoms with van der Waals surface area (Å²) in [7, 11) is 0. The third kappa shape index (κ3) is 7.93. The monoisotopic (exact) mass is 416 g/mol. The number of hydrogen-bond acceptors (Lipinski definition) is 4. The molecule has 2 N–H and O–H groups in total. The van der Waals surface area contributed by atoms with Gasteiger partial charge in [0.2, 0.25) is 5.91 Å². The minimum absolute atomic E-state index is 0.303. The van der Waals surface area contributed by atoms with Crippen LogP contribution in [-0.2, 0) is 17.6 Å². The highest BCUT2D eigenvalue weighted by atomic mass is 32.1. The van der Waals surface area contributed by atoms with E-state index < -0.39 is 0 Å². The van der Waals surface area contributed by atoms with Gasteiger partial charge in [0.1, 0.15) is 5.76 Å². The van der Waals surface area contributed by atoms with Gasteiger partial charge in [-0.15, -0.1) is 11.3 Å². The van der Waals surface area contributed by atoms with Crippen molar-refractivity contribution in [3.05, 3.63) is 46.5 Å². The molecule has 0 bridgehead atoms. The molecule has 7 heteroatoms. The van der Waals surface area contributed by atoms with Crippen molar-refractivity contribution in [2.75, 3.05) is 32.7 Å². The van der Waals surface area contributed by atoms with Crippen molar-refractivity contribution in [1.82, 2.24) is 15.5 Å². The maximum absolute atomic E-state index is 12.1. The third-order valence-corrected chi connectivity index (χ3v) is 5.95. The van der Waals surface area contributed by atoms with E-state index in [0.717, 1.165) is 76.4 Å². The van der Waals surface area contributed by atoms with Crippen LogP contribution in [0.2, 0.25) is 0 Å². The van der Waals surface area contributed by atoms with E-state index in [1.54, 1.807) is 17.6 Å². The lowest BCUT2D eigenvalue weighted by Crippen LogP contribution is -2.39. The number of aliphatic imine (C=N–C) groups is 1. The second-order valence-corrected chi connectivity index (χ2v) is 8.32. The Hall–Kier alpha value is -2.28. The lowest BCUT2D eigenvalue weighted by Gasteiger charge is -2.20. The lowest BCUT2D eigenvalue weighted by molar-refractivity contribution is -0.130. The molecule has 6 nitrogen and oxygen atoms in total. The molecular formula is C22H32N4O2S. The molecule has 3 rings (SSSR count). The molecule has 1 aliphatic rings. The van der Waals surface area contributed by atoms with E-state index in [1.807, 2.05) is 17.0 Å². The van der Waals surface area contributed by atoms with Gasteiger partial charge >= 0.3 is 0 Å². The Morgan fingerprint density at radius 3 is 2.83 bits per heavy atom. The normalized spacial score (nSPS) is 15.4. The molecule has 0 unspecified atom stereocenters. The van der Waals surface area contributed by atoms with Gasteiger partial charge in [-0.3, -0.25) is 9.79 Å². The van der Waals surface area contributed by atoms with Crippen LogP contribution in [0, 0.1) is 0 Å². The first kappa shape index (κ1) is 21.4. The highest BCUT2D eigenvalue weighted by Gasteiger charge is 2.15. The Bertz CT molecular complexity index is 686. The Balaban J connectivity index is 1.43. The zero-order chi connectivity index (χ0) is 20.2. The predicted octanol–water partition coefficient (Wildman–Crippen LogP) is 3.45. The van der Waals surface area contributed by atoms with Crippen LogP contribution < -0.4 is 10.6 Å². The van der Waals surface area contributed by atoms with Crippen molar-refractivity contribution in [2.45, 2.75) is 44.9 Å². The first-order valence-corrected chi connectivity index (χ1v) is 11.5. The summed E-state index contributed by atoms with van der Waals surface area (Å²) in [6.45, 7) is 4.02. The highest BCUT2D eigenvalue weighted by molar-refractivity contribution is 7.09. The van der Waals surface area contributed by atoms with Gasteiger partial charge in [-0.25, -0.2) is 0 Å². The van der Waals surface area contributed by atoms with E-state index in [-0.39, 0.29) is 0 Å². The quantitative estimate of drug-likeness (QED) is 0.354. The number of furan rings is 1. The molecular weight excluding hydrogens is 384 g/mol. The van der Waals surface area contributed by atoms with Crippen molar-refractivity contribution in [2.24, 2.45) is 4.99 Å². The molecule has 29 heavy (non-hydrogen) atoms. The molecule has 0 radical (unpaired) electrons. The number of carbonyl (C=O) groups excluding carboxylic acids is 1. The van der Waals surface area contributed by atoms with Crippen molar-refractivity contribution >= 4 is 23.2 Å². The summed E-state index contributed by atoms with van der Waals surface area (Å²) in [6.07, 6.45) is 8.42. The van der Waals surface area contributed by atoms with Crippen molar-refractivity contribution in [1.29, 1.82) is 0 Å². The van der Waals surface area contributed by atoms with E-state index >= 15 is 0 Å². The summed E-state index contributed by atoms with van der Waals surface area (Å²) in [4.78, 5) is 20.2. The number of amides is 1. The second kappa shape index (κ2) is 12.3. The standard InChI is InChI=1S/C22H32N4O2S/c27-21-9-2-1-3-15-26(21)16-6-12-23-22(24-13-10-19-7-4-17-28-19)25-14-11-20-8-5-18-29-20/h4-5,7-8,17-18H,1-3,6,9-16H2,(H2,23,24,25). The molecule has 2 aromatic rings. The average Bonchev–Trinajstić information content (AvgIpc) is 3.39.